The monoisotopic (exact) mass is 411 g/mol. The summed E-state index contributed by atoms with van der Waals surface area (Å²) in [4.78, 5) is 6.56. The molecule has 0 unspecified atom stereocenters. The van der Waals surface area contributed by atoms with Crippen molar-refractivity contribution in [1.82, 2.24) is 10.2 Å². The molecule has 1 N–H and O–H groups in total. The molecular formula is C23H29N3O2S. The number of nitrogens with one attached hydrogen (secondary N) is 1. The van der Waals surface area contributed by atoms with Crippen molar-refractivity contribution >= 4 is 21.4 Å². The molecule has 2 aromatic carbocycles. The fourth-order valence-electron chi connectivity index (χ4n) is 3.50. The van der Waals surface area contributed by atoms with Gasteiger partial charge in [-0.2, -0.15) is 0 Å². The molecule has 0 amide bonds. The van der Waals surface area contributed by atoms with Crippen LogP contribution in [0, 0.1) is 0 Å². The van der Waals surface area contributed by atoms with E-state index in [2.05, 4.69) is 45.6 Å². The van der Waals surface area contributed by atoms with Gasteiger partial charge in [-0.25, -0.2) is 8.42 Å². The third kappa shape index (κ3) is 6.46. The van der Waals surface area contributed by atoms with Gasteiger partial charge in [0.2, 0.25) is 0 Å². The number of rotatable bonds is 7. The van der Waals surface area contributed by atoms with E-state index in [1.54, 1.807) is 7.05 Å². The Bertz CT molecular complexity index is 939. The highest BCUT2D eigenvalue weighted by Crippen LogP contribution is 2.21. The minimum atomic E-state index is -3.11. The Kier molecular flexibility index (Phi) is 7.47. The first-order chi connectivity index (χ1) is 14.1. The van der Waals surface area contributed by atoms with Crippen molar-refractivity contribution in [2.24, 2.45) is 4.99 Å². The third-order valence-electron chi connectivity index (χ3n) is 5.01. The molecule has 1 aliphatic heterocycles. The summed E-state index contributed by atoms with van der Waals surface area (Å²) in [5.74, 6) is 1.10. The van der Waals surface area contributed by atoms with Crippen molar-refractivity contribution in [3.63, 3.8) is 0 Å². The van der Waals surface area contributed by atoms with Crippen LogP contribution in [0.2, 0.25) is 0 Å². The molecular weight excluding hydrogens is 382 g/mol. The van der Waals surface area contributed by atoms with Gasteiger partial charge in [-0.05, 0) is 29.5 Å². The number of benzene rings is 2. The quantitative estimate of drug-likeness (QED) is 0.431. The predicted molar refractivity (Wildman–Crippen MR) is 121 cm³/mol. The lowest BCUT2D eigenvalue weighted by Gasteiger charge is -2.29. The van der Waals surface area contributed by atoms with Crippen LogP contribution in [-0.4, -0.2) is 51.7 Å². The normalized spacial score (nSPS) is 15.1. The Balaban J connectivity index is 1.45. The fraction of sp³-hybridized carbons (Fsp3) is 0.348. The van der Waals surface area contributed by atoms with Crippen molar-refractivity contribution in [3.05, 3.63) is 77.9 Å². The summed E-state index contributed by atoms with van der Waals surface area (Å²) in [7, 11) is -1.34. The molecule has 0 atom stereocenters. The number of guanidine groups is 1. The fourth-order valence-corrected chi connectivity index (χ4v) is 4.93. The number of aliphatic imine (C=N–C) groups is 1. The Morgan fingerprint density at radius 2 is 1.76 bits per heavy atom. The maximum absolute atomic E-state index is 12.3. The van der Waals surface area contributed by atoms with Gasteiger partial charge in [0.1, 0.15) is 0 Å². The maximum Gasteiger partial charge on any atom is 0.193 e. The average molecular weight is 412 g/mol. The van der Waals surface area contributed by atoms with Gasteiger partial charge >= 0.3 is 0 Å². The second kappa shape index (κ2) is 10.3. The van der Waals surface area contributed by atoms with E-state index in [0.29, 0.717) is 13.0 Å². The van der Waals surface area contributed by atoms with Crippen LogP contribution in [0.3, 0.4) is 0 Å². The van der Waals surface area contributed by atoms with Gasteiger partial charge in [0.15, 0.2) is 15.8 Å². The van der Waals surface area contributed by atoms with Gasteiger partial charge in [0.25, 0.3) is 0 Å². The van der Waals surface area contributed by atoms with Crippen LogP contribution in [0.25, 0.3) is 5.57 Å². The van der Waals surface area contributed by atoms with Gasteiger partial charge in [0, 0.05) is 26.7 Å². The number of hydrogen-bond acceptors (Lipinski definition) is 3. The van der Waals surface area contributed by atoms with E-state index >= 15 is 0 Å². The van der Waals surface area contributed by atoms with E-state index in [0.717, 1.165) is 31.0 Å². The Morgan fingerprint density at radius 1 is 1.07 bits per heavy atom. The van der Waals surface area contributed by atoms with E-state index in [4.69, 9.17) is 0 Å². The van der Waals surface area contributed by atoms with E-state index in [1.165, 1.54) is 11.1 Å². The zero-order chi connectivity index (χ0) is 20.5. The van der Waals surface area contributed by atoms with Gasteiger partial charge in [0.05, 0.1) is 11.5 Å². The molecule has 0 radical (unpaired) electrons. The smallest absolute Gasteiger partial charge is 0.193 e. The summed E-state index contributed by atoms with van der Waals surface area (Å²) in [5.41, 5.74) is 3.48. The first-order valence-corrected chi connectivity index (χ1v) is 11.8. The van der Waals surface area contributed by atoms with Crippen LogP contribution in [0.4, 0.5) is 0 Å². The molecule has 29 heavy (non-hydrogen) atoms. The minimum absolute atomic E-state index is 0.0990. The van der Waals surface area contributed by atoms with Crippen LogP contribution in [0.1, 0.15) is 24.0 Å². The highest BCUT2D eigenvalue weighted by atomic mass is 32.2. The standard InChI is InChI=1S/C23H29N3O2S/c1-24-23(26-16-13-22(14-17-26)21-11-6-3-7-12-21)25-15-8-18-29(27,28)19-20-9-4-2-5-10-20/h2-7,9-13H,8,14-19H2,1H3,(H,24,25). The lowest BCUT2D eigenvalue weighted by atomic mass is 10.00. The predicted octanol–water partition coefficient (Wildman–Crippen LogP) is 3.36. The second-order valence-electron chi connectivity index (χ2n) is 7.20. The zero-order valence-corrected chi connectivity index (χ0v) is 17.7. The number of sulfone groups is 1. The highest BCUT2D eigenvalue weighted by molar-refractivity contribution is 7.90. The van der Waals surface area contributed by atoms with Crippen LogP contribution >= 0.6 is 0 Å². The van der Waals surface area contributed by atoms with E-state index in [9.17, 15) is 8.42 Å². The summed E-state index contributed by atoms with van der Waals surface area (Å²) >= 11 is 0. The molecule has 3 rings (SSSR count). The van der Waals surface area contributed by atoms with Crippen molar-refractivity contribution < 1.29 is 8.42 Å². The Hall–Kier alpha value is -2.60. The third-order valence-corrected chi connectivity index (χ3v) is 6.69. The molecule has 0 fully saturated rings. The summed E-state index contributed by atoms with van der Waals surface area (Å²) in [6.07, 6.45) is 3.78. The summed E-state index contributed by atoms with van der Waals surface area (Å²) < 4.78 is 24.6. The Labute approximate surface area is 174 Å². The molecule has 6 heteroatoms. The topological polar surface area (TPSA) is 61.8 Å². The van der Waals surface area contributed by atoms with E-state index in [1.807, 2.05) is 36.4 Å². The summed E-state index contributed by atoms with van der Waals surface area (Å²) in [6.45, 7) is 2.29. The van der Waals surface area contributed by atoms with Gasteiger partial charge < -0.3 is 10.2 Å². The SMILES string of the molecule is CN=C(NCCCS(=O)(=O)Cc1ccccc1)N1CC=C(c2ccccc2)CC1. The molecule has 0 bridgehead atoms. The van der Waals surface area contributed by atoms with Gasteiger partial charge in [-0.15, -0.1) is 0 Å². The van der Waals surface area contributed by atoms with Gasteiger partial charge in [-0.3, -0.25) is 4.99 Å². The van der Waals surface area contributed by atoms with Crippen molar-refractivity contribution in [1.29, 1.82) is 0 Å². The van der Waals surface area contributed by atoms with Crippen molar-refractivity contribution in [2.45, 2.75) is 18.6 Å². The molecule has 0 aromatic heterocycles. The first kappa shape index (κ1) is 21.1. The molecule has 0 saturated heterocycles. The lowest BCUT2D eigenvalue weighted by molar-refractivity contribution is 0.440. The lowest BCUT2D eigenvalue weighted by Crippen LogP contribution is -2.44. The van der Waals surface area contributed by atoms with Gasteiger partial charge in [-0.1, -0.05) is 66.7 Å². The van der Waals surface area contributed by atoms with E-state index in [-0.39, 0.29) is 11.5 Å². The van der Waals surface area contributed by atoms with Crippen LogP contribution < -0.4 is 5.32 Å². The molecule has 0 spiro atoms. The van der Waals surface area contributed by atoms with Crippen LogP contribution in [0.15, 0.2) is 71.7 Å². The van der Waals surface area contributed by atoms with Crippen LogP contribution in [0.5, 0.6) is 0 Å². The highest BCUT2D eigenvalue weighted by Gasteiger charge is 2.16. The average Bonchev–Trinajstić information content (AvgIpc) is 2.75. The molecule has 2 aromatic rings. The zero-order valence-electron chi connectivity index (χ0n) is 16.9. The molecule has 0 aliphatic carbocycles. The summed E-state index contributed by atoms with van der Waals surface area (Å²) in [6, 6.07) is 19.8. The van der Waals surface area contributed by atoms with Crippen molar-refractivity contribution in [3.8, 4) is 0 Å². The number of nitrogens with zero attached hydrogens (tertiary/aromatic N) is 2. The maximum atomic E-state index is 12.3. The van der Waals surface area contributed by atoms with Crippen molar-refractivity contribution in [2.75, 3.05) is 32.4 Å². The largest absolute Gasteiger partial charge is 0.356 e. The summed E-state index contributed by atoms with van der Waals surface area (Å²) in [5, 5.41) is 3.31. The first-order valence-electron chi connectivity index (χ1n) is 10.0. The number of hydrogen-bond donors (Lipinski definition) is 1. The molecule has 1 aliphatic rings. The van der Waals surface area contributed by atoms with E-state index < -0.39 is 9.84 Å². The molecule has 5 nitrogen and oxygen atoms in total. The molecule has 0 saturated carbocycles. The Morgan fingerprint density at radius 3 is 2.38 bits per heavy atom. The molecule has 154 valence electrons. The molecule has 1 heterocycles. The second-order valence-corrected chi connectivity index (χ2v) is 9.38. The minimum Gasteiger partial charge on any atom is -0.356 e. The van der Waals surface area contributed by atoms with Crippen LogP contribution in [-0.2, 0) is 15.6 Å².